The van der Waals surface area contributed by atoms with Crippen molar-refractivity contribution in [1.82, 2.24) is 0 Å². The van der Waals surface area contributed by atoms with E-state index in [0.717, 1.165) is 6.26 Å². The second-order valence-electron chi connectivity index (χ2n) is 7.00. The van der Waals surface area contributed by atoms with Crippen LogP contribution in [0.25, 0.3) is 0 Å². The Labute approximate surface area is 129 Å². The van der Waals surface area contributed by atoms with Gasteiger partial charge in [-0.25, -0.2) is 0 Å². The van der Waals surface area contributed by atoms with Crippen LogP contribution in [0.3, 0.4) is 0 Å². The van der Waals surface area contributed by atoms with Gasteiger partial charge in [-0.1, -0.05) is 63.3 Å². The fourth-order valence-electron chi connectivity index (χ4n) is 1.84. The van der Waals surface area contributed by atoms with Gasteiger partial charge in [-0.3, -0.25) is 4.18 Å². The second-order valence-corrected chi connectivity index (χ2v) is 14.0. The average molecular weight is 331 g/mol. The summed E-state index contributed by atoms with van der Waals surface area (Å²) in [5.74, 6) is 0. The van der Waals surface area contributed by atoms with Gasteiger partial charge < -0.3 is 5.11 Å². The first kappa shape index (κ1) is 18.4. The van der Waals surface area contributed by atoms with E-state index in [1.54, 1.807) is 0 Å². The molecular formula is C15H26O4SSi. The molecule has 0 fully saturated rings. The summed E-state index contributed by atoms with van der Waals surface area (Å²) in [6, 6.07) is 7.78. The summed E-state index contributed by atoms with van der Waals surface area (Å²) in [5.41, 5.74) is 0.668. The molecule has 1 rings (SSSR count). The number of aliphatic hydroxyl groups is 1. The van der Waals surface area contributed by atoms with Crippen molar-refractivity contribution in [2.75, 3.05) is 12.9 Å². The predicted molar refractivity (Wildman–Crippen MR) is 89.0 cm³/mol. The molecule has 120 valence electrons. The summed E-state index contributed by atoms with van der Waals surface area (Å²) in [5, 5.41) is 11.5. The molecule has 0 saturated heterocycles. The molecule has 0 spiro atoms. The van der Waals surface area contributed by atoms with E-state index in [1.165, 1.54) is 5.19 Å². The third kappa shape index (κ3) is 4.91. The fraction of sp³-hybridized carbons (Fsp3) is 0.600. The van der Waals surface area contributed by atoms with Crippen molar-refractivity contribution in [3.05, 3.63) is 29.8 Å². The minimum Gasteiger partial charge on any atom is -0.386 e. The fourth-order valence-corrected chi connectivity index (χ4v) is 4.08. The van der Waals surface area contributed by atoms with Gasteiger partial charge in [0.15, 0.2) is 0 Å². The number of hydrogen-bond donors (Lipinski definition) is 1. The van der Waals surface area contributed by atoms with Crippen molar-refractivity contribution in [2.45, 2.75) is 45.0 Å². The first-order valence-electron chi connectivity index (χ1n) is 6.97. The van der Waals surface area contributed by atoms with Gasteiger partial charge in [0.25, 0.3) is 10.1 Å². The second kappa shape index (κ2) is 6.20. The van der Waals surface area contributed by atoms with Crippen molar-refractivity contribution in [3.8, 4) is 0 Å². The Morgan fingerprint density at radius 3 is 2.05 bits per heavy atom. The lowest BCUT2D eigenvalue weighted by molar-refractivity contribution is 0.112. The molecule has 1 aromatic rings. The zero-order valence-electron chi connectivity index (χ0n) is 13.7. The Morgan fingerprint density at radius 2 is 1.67 bits per heavy atom. The molecule has 4 nitrogen and oxygen atoms in total. The van der Waals surface area contributed by atoms with E-state index in [2.05, 4.69) is 38.0 Å². The van der Waals surface area contributed by atoms with Crippen molar-refractivity contribution < 1.29 is 17.7 Å². The van der Waals surface area contributed by atoms with Crippen molar-refractivity contribution >= 4 is 23.4 Å². The lowest BCUT2D eigenvalue weighted by atomic mass is 10.1. The summed E-state index contributed by atoms with van der Waals surface area (Å²) in [4.78, 5) is 0. The van der Waals surface area contributed by atoms with E-state index in [-0.39, 0.29) is 11.6 Å². The SMILES string of the molecule is CC(C)(C)[Si](C)(C)c1ccc(C(O)COS(C)(=O)=O)cc1. The highest BCUT2D eigenvalue weighted by Crippen LogP contribution is 2.35. The van der Waals surface area contributed by atoms with Crippen LogP contribution in [0.15, 0.2) is 24.3 Å². The molecule has 0 aliphatic carbocycles. The molecule has 0 aromatic heterocycles. The van der Waals surface area contributed by atoms with Gasteiger partial charge in [0.1, 0.15) is 6.10 Å². The lowest BCUT2D eigenvalue weighted by Gasteiger charge is -2.37. The number of hydrogen-bond acceptors (Lipinski definition) is 4. The van der Waals surface area contributed by atoms with Crippen LogP contribution < -0.4 is 5.19 Å². The van der Waals surface area contributed by atoms with Crippen LogP contribution in [0.4, 0.5) is 0 Å². The molecule has 0 heterocycles. The van der Waals surface area contributed by atoms with Crippen LogP contribution in [0, 0.1) is 0 Å². The molecule has 0 aliphatic rings. The Bertz CT molecular complexity index is 571. The Balaban J connectivity index is 2.88. The summed E-state index contributed by atoms with van der Waals surface area (Å²) < 4.78 is 26.5. The molecule has 0 bridgehead atoms. The quantitative estimate of drug-likeness (QED) is 0.665. The predicted octanol–water partition coefficient (Wildman–Crippen LogP) is 2.41. The first-order chi connectivity index (χ1) is 9.34. The maximum absolute atomic E-state index is 10.9. The van der Waals surface area contributed by atoms with E-state index in [9.17, 15) is 13.5 Å². The van der Waals surface area contributed by atoms with Gasteiger partial charge in [-0.05, 0) is 10.6 Å². The van der Waals surface area contributed by atoms with Gasteiger partial charge in [0, 0.05) is 0 Å². The van der Waals surface area contributed by atoms with Gasteiger partial charge in [0.05, 0.1) is 20.9 Å². The maximum atomic E-state index is 10.9. The highest BCUT2D eigenvalue weighted by atomic mass is 32.2. The average Bonchev–Trinajstić information content (AvgIpc) is 2.34. The molecule has 21 heavy (non-hydrogen) atoms. The summed E-state index contributed by atoms with van der Waals surface area (Å²) in [7, 11) is -5.13. The summed E-state index contributed by atoms with van der Waals surface area (Å²) in [6.07, 6.45) is 0.0356. The van der Waals surface area contributed by atoms with Gasteiger partial charge in [0.2, 0.25) is 0 Å². The molecule has 0 amide bonds. The third-order valence-corrected chi connectivity index (χ3v) is 10.4. The topological polar surface area (TPSA) is 63.6 Å². The van der Waals surface area contributed by atoms with Crippen molar-refractivity contribution in [1.29, 1.82) is 0 Å². The van der Waals surface area contributed by atoms with Crippen LogP contribution in [0.1, 0.15) is 32.4 Å². The molecule has 1 aromatic carbocycles. The molecule has 6 heteroatoms. The minimum atomic E-state index is -3.53. The van der Waals surface area contributed by atoms with Gasteiger partial charge in [-0.15, -0.1) is 0 Å². The van der Waals surface area contributed by atoms with Gasteiger partial charge in [-0.2, -0.15) is 8.42 Å². The molecule has 0 radical (unpaired) electrons. The highest BCUT2D eigenvalue weighted by Gasteiger charge is 2.36. The van der Waals surface area contributed by atoms with Crippen LogP contribution in [-0.2, 0) is 14.3 Å². The summed E-state index contributed by atoms with van der Waals surface area (Å²) in [6.45, 7) is 11.2. The number of aliphatic hydroxyl groups excluding tert-OH is 1. The number of rotatable bonds is 5. The molecule has 1 unspecified atom stereocenters. The van der Waals surface area contributed by atoms with E-state index >= 15 is 0 Å². The molecule has 0 saturated carbocycles. The molecular weight excluding hydrogens is 304 g/mol. The smallest absolute Gasteiger partial charge is 0.264 e. The minimum absolute atomic E-state index is 0.243. The first-order valence-corrected chi connectivity index (χ1v) is 11.8. The highest BCUT2D eigenvalue weighted by molar-refractivity contribution is 7.85. The van der Waals surface area contributed by atoms with E-state index < -0.39 is 24.3 Å². The van der Waals surface area contributed by atoms with E-state index in [4.69, 9.17) is 0 Å². The monoisotopic (exact) mass is 330 g/mol. The van der Waals surface area contributed by atoms with E-state index in [1.807, 2.05) is 24.3 Å². The third-order valence-electron chi connectivity index (χ3n) is 4.33. The Morgan fingerprint density at radius 1 is 1.19 bits per heavy atom. The lowest BCUT2D eigenvalue weighted by Crippen LogP contribution is -2.49. The van der Waals surface area contributed by atoms with Gasteiger partial charge >= 0.3 is 0 Å². The van der Waals surface area contributed by atoms with Crippen LogP contribution >= 0.6 is 0 Å². The summed E-state index contributed by atoms with van der Waals surface area (Å²) >= 11 is 0. The largest absolute Gasteiger partial charge is 0.386 e. The maximum Gasteiger partial charge on any atom is 0.264 e. The zero-order valence-corrected chi connectivity index (χ0v) is 15.5. The van der Waals surface area contributed by atoms with Crippen LogP contribution in [-0.4, -0.2) is 34.5 Å². The van der Waals surface area contributed by atoms with Crippen LogP contribution in [0.2, 0.25) is 18.1 Å². The molecule has 0 aliphatic heterocycles. The standard InChI is InChI=1S/C15H26O4SSi/c1-15(2,3)21(5,6)13-9-7-12(8-10-13)14(16)11-19-20(4,17)18/h7-10,14,16H,11H2,1-6H3. The van der Waals surface area contributed by atoms with E-state index in [0.29, 0.717) is 5.56 Å². The zero-order chi connectivity index (χ0) is 16.5. The van der Waals surface area contributed by atoms with Crippen molar-refractivity contribution in [2.24, 2.45) is 0 Å². The Kier molecular flexibility index (Phi) is 5.42. The van der Waals surface area contributed by atoms with Crippen LogP contribution in [0.5, 0.6) is 0 Å². The normalized spacial score (nSPS) is 15.0. The Hall–Kier alpha value is -0.693. The molecule has 1 atom stereocenters. The van der Waals surface area contributed by atoms with Crippen molar-refractivity contribution in [3.63, 3.8) is 0 Å². The molecule has 1 N–H and O–H groups in total. The number of benzene rings is 1.